The molecule has 1 aliphatic carbocycles. The van der Waals surface area contributed by atoms with E-state index in [4.69, 9.17) is 9.72 Å². The van der Waals surface area contributed by atoms with Gasteiger partial charge in [0.1, 0.15) is 0 Å². The second-order valence-electron chi connectivity index (χ2n) is 8.89. The summed E-state index contributed by atoms with van der Waals surface area (Å²) in [5, 5.41) is 6.58. The van der Waals surface area contributed by atoms with Crippen molar-refractivity contribution in [2.45, 2.75) is 70.1 Å². The van der Waals surface area contributed by atoms with Crippen molar-refractivity contribution in [3.8, 4) is 0 Å². The van der Waals surface area contributed by atoms with Gasteiger partial charge in [-0.1, -0.05) is 31.2 Å². The predicted molar refractivity (Wildman–Crippen MR) is 119 cm³/mol. The van der Waals surface area contributed by atoms with Crippen LogP contribution in [0.3, 0.4) is 0 Å². The summed E-state index contributed by atoms with van der Waals surface area (Å²) < 4.78 is 5.44. The van der Waals surface area contributed by atoms with Crippen molar-refractivity contribution < 1.29 is 9.53 Å². The zero-order valence-corrected chi connectivity index (χ0v) is 18.2. The van der Waals surface area contributed by atoms with Gasteiger partial charge in [-0.2, -0.15) is 0 Å². The van der Waals surface area contributed by atoms with Crippen molar-refractivity contribution >= 4 is 12.0 Å². The van der Waals surface area contributed by atoms with E-state index in [2.05, 4.69) is 46.8 Å². The molecule has 0 atom stereocenters. The third-order valence-corrected chi connectivity index (χ3v) is 7.05. The zero-order valence-electron chi connectivity index (χ0n) is 18.2. The van der Waals surface area contributed by atoms with E-state index in [0.29, 0.717) is 25.1 Å². The Labute approximate surface area is 183 Å². The van der Waals surface area contributed by atoms with Crippen molar-refractivity contribution in [2.75, 3.05) is 18.5 Å². The van der Waals surface area contributed by atoms with Crippen LogP contribution in [-0.4, -0.2) is 40.2 Å². The van der Waals surface area contributed by atoms with E-state index in [1.165, 1.54) is 5.56 Å². The van der Waals surface area contributed by atoms with Gasteiger partial charge in [0, 0.05) is 37.6 Å². The standard InChI is InChI=1S/C24H31N5O2/c1-2-17-4-6-18(7-5-17)14-26-23(30)29-16-21-20(24(29)10-3-11-24)15-25-22(28-21)27-19-8-12-31-13-9-19/h4-7,15,19H,2-3,8-14,16H2,1H3,(H,26,30)(H,25,27,28). The van der Waals surface area contributed by atoms with Crippen LogP contribution >= 0.6 is 0 Å². The van der Waals surface area contributed by atoms with Gasteiger partial charge in [-0.05, 0) is 49.7 Å². The van der Waals surface area contributed by atoms with Crippen molar-refractivity contribution in [1.29, 1.82) is 0 Å². The molecule has 1 aromatic heterocycles. The number of carbonyl (C=O) groups is 1. The maximum absolute atomic E-state index is 13.2. The molecule has 1 spiro atoms. The highest BCUT2D eigenvalue weighted by molar-refractivity contribution is 5.76. The number of carbonyl (C=O) groups excluding carboxylic acids is 1. The van der Waals surface area contributed by atoms with Crippen LogP contribution in [-0.2, 0) is 29.8 Å². The van der Waals surface area contributed by atoms with Crippen LogP contribution < -0.4 is 10.6 Å². The fourth-order valence-corrected chi connectivity index (χ4v) is 4.95. The Morgan fingerprint density at radius 3 is 2.61 bits per heavy atom. The van der Waals surface area contributed by atoms with Crippen molar-refractivity contribution in [3.05, 3.63) is 52.8 Å². The summed E-state index contributed by atoms with van der Waals surface area (Å²) in [6.07, 6.45) is 8.00. The average Bonchev–Trinajstić information content (AvgIpc) is 3.13. The molecule has 2 aliphatic heterocycles. The number of aryl methyl sites for hydroxylation is 1. The quantitative estimate of drug-likeness (QED) is 0.769. The Bertz CT molecular complexity index is 935. The third kappa shape index (κ3) is 3.87. The Hall–Kier alpha value is -2.67. The number of hydrogen-bond acceptors (Lipinski definition) is 5. The topological polar surface area (TPSA) is 79.4 Å². The molecule has 3 heterocycles. The lowest BCUT2D eigenvalue weighted by Crippen LogP contribution is -2.52. The molecule has 2 amide bonds. The fraction of sp³-hybridized carbons (Fsp3) is 0.542. The lowest BCUT2D eigenvalue weighted by Gasteiger charge is -2.45. The monoisotopic (exact) mass is 421 g/mol. The van der Waals surface area contributed by atoms with Gasteiger partial charge in [0.2, 0.25) is 5.95 Å². The predicted octanol–water partition coefficient (Wildman–Crippen LogP) is 3.73. The van der Waals surface area contributed by atoms with Crippen LogP contribution in [0.1, 0.15) is 61.4 Å². The Morgan fingerprint density at radius 1 is 1.19 bits per heavy atom. The molecule has 1 aromatic carbocycles. The number of nitrogens with one attached hydrogen (secondary N) is 2. The molecule has 7 heteroatoms. The number of fused-ring (bicyclic) bond motifs is 2. The Balaban J connectivity index is 1.28. The minimum absolute atomic E-state index is 0.0174. The highest BCUT2D eigenvalue weighted by atomic mass is 16.5. The van der Waals surface area contributed by atoms with Crippen LogP contribution in [0.25, 0.3) is 0 Å². The van der Waals surface area contributed by atoms with Gasteiger partial charge in [-0.3, -0.25) is 0 Å². The van der Waals surface area contributed by atoms with E-state index in [0.717, 1.165) is 68.6 Å². The highest BCUT2D eigenvalue weighted by Crippen LogP contribution is 2.51. The summed E-state index contributed by atoms with van der Waals surface area (Å²) in [5.41, 5.74) is 4.29. The summed E-state index contributed by atoms with van der Waals surface area (Å²) >= 11 is 0. The van der Waals surface area contributed by atoms with Crippen LogP contribution in [0.5, 0.6) is 0 Å². The molecule has 1 saturated carbocycles. The first-order chi connectivity index (χ1) is 15.2. The van der Waals surface area contributed by atoms with Crippen LogP contribution in [0, 0.1) is 0 Å². The van der Waals surface area contributed by atoms with Crippen LogP contribution in [0.15, 0.2) is 30.5 Å². The van der Waals surface area contributed by atoms with Gasteiger partial charge in [-0.15, -0.1) is 0 Å². The summed E-state index contributed by atoms with van der Waals surface area (Å²) in [6.45, 7) is 4.78. The molecule has 1 saturated heterocycles. The number of benzene rings is 1. The molecule has 7 nitrogen and oxygen atoms in total. The number of nitrogens with zero attached hydrogens (tertiary/aromatic N) is 3. The van der Waals surface area contributed by atoms with Gasteiger partial charge in [-0.25, -0.2) is 14.8 Å². The summed E-state index contributed by atoms with van der Waals surface area (Å²) in [5.74, 6) is 0.665. The summed E-state index contributed by atoms with van der Waals surface area (Å²) in [4.78, 5) is 24.6. The number of hydrogen-bond donors (Lipinski definition) is 2. The maximum Gasteiger partial charge on any atom is 0.318 e. The van der Waals surface area contributed by atoms with E-state index in [1.807, 2.05) is 11.1 Å². The lowest BCUT2D eigenvalue weighted by molar-refractivity contribution is 0.0557. The van der Waals surface area contributed by atoms with Gasteiger partial charge in [0.05, 0.1) is 17.8 Å². The second kappa shape index (κ2) is 8.46. The number of rotatable bonds is 5. The average molecular weight is 422 g/mol. The molecule has 2 fully saturated rings. The first-order valence-corrected chi connectivity index (χ1v) is 11.5. The zero-order chi connectivity index (χ0) is 21.3. The minimum Gasteiger partial charge on any atom is -0.381 e. The lowest BCUT2D eigenvalue weighted by atomic mass is 9.73. The molecular formula is C24H31N5O2. The summed E-state index contributed by atoms with van der Waals surface area (Å²) in [6, 6.07) is 8.78. The molecule has 0 bridgehead atoms. The first kappa shape index (κ1) is 20.2. The number of ether oxygens (including phenoxy) is 1. The van der Waals surface area contributed by atoms with Gasteiger partial charge in [0.15, 0.2) is 0 Å². The maximum atomic E-state index is 13.2. The molecule has 5 rings (SSSR count). The number of aromatic nitrogens is 2. The Kier molecular flexibility index (Phi) is 5.52. The molecule has 0 radical (unpaired) electrons. The molecule has 31 heavy (non-hydrogen) atoms. The minimum atomic E-state index is -0.233. The van der Waals surface area contributed by atoms with Crippen molar-refractivity contribution in [3.63, 3.8) is 0 Å². The first-order valence-electron chi connectivity index (χ1n) is 11.5. The van der Waals surface area contributed by atoms with Crippen molar-refractivity contribution in [1.82, 2.24) is 20.2 Å². The SMILES string of the molecule is CCc1ccc(CNC(=O)N2Cc3nc(NC4CCOCC4)ncc3C23CCC3)cc1. The van der Waals surface area contributed by atoms with E-state index in [-0.39, 0.29) is 11.6 Å². The Morgan fingerprint density at radius 2 is 1.94 bits per heavy atom. The van der Waals surface area contributed by atoms with Crippen molar-refractivity contribution in [2.24, 2.45) is 0 Å². The smallest absolute Gasteiger partial charge is 0.318 e. The van der Waals surface area contributed by atoms with E-state index in [9.17, 15) is 4.79 Å². The molecule has 2 aromatic rings. The number of urea groups is 1. The molecule has 0 unspecified atom stereocenters. The third-order valence-electron chi connectivity index (χ3n) is 7.05. The fourth-order valence-electron chi connectivity index (χ4n) is 4.95. The van der Waals surface area contributed by atoms with Gasteiger partial charge in [0.25, 0.3) is 0 Å². The normalized spacial score (nSPS) is 19.7. The van der Waals surface area contributed by atoms with Crippen LogP contribution in [0.2, 0.25) is 0 Å². The molecule has 3 aliphatic rings. The molecule has 164 valence electrons. The van der Waals surface area contributed by atoms with Gasteiger partial charge < -0.3 is 20.3 Å². The van der Waals surface area contributed by atoms with Gasteiger partial charge >= 0.3 is 6.03 Å². The largest absolute Gasteiger partial charge is 0.381 e. The molecular weight excluding hydrogens is 390 g/mol. The van der Waals surface area contributed by atoms with Crippen LogP contribution in [0.4, 0.5) is 10.7 Å². The number of anilines is 1. The summed E-state index contributed by atoms with van der Waals surface area (Å²) in [7, 11) is 0. The van der Waals surface area contributed by atoms with E-state index in [1.54, 1.807) is 0 Å². The molecule has 2 N–H and O–H groups in total. The second-order valence-corrected chi connectivity index (χ2v) is 8.89. The number of amides is 2. The highest BCUT2D eigenvalue weighted by Gasteiger charge is 2.52. The van der Waals surface area contributed by atoms with E-state index < -0.39 is 0 Å². The van der Waals surface area contributed by atoms with E-state index >= 15 is 0 Å².